The summed E-state index contributed by atoms with van der Waals surface area (Å²) < 4.78 is 1.67. The molecule has 0 amide bonds. The summed E-state index contributed by atoms with van der Waals surface area (Å²) in [6, 6.07) is 2.74. The van der Waals surface area contributed by atoms with Crippen LogP contribution >= 0.6 is 0 Å². The van der Waals surface area contributed by atoms with Gasteiger partial charge in [-0.2, -0.15) is 0 Å². The van der Waals surface area contributed by atoms with Crippen LogP contribution in [0.5, 0.6) is 17.2 Å². The first kappa shape index (κ1) is 7.79. The average molecular weight is 179 g/mol. The van der Waals surface area contributed by atoms with Crippen molar-refractivity contribution in [2.75, 3.05) is 0 Å². The molecule has 0 radical (unpaired) electrons. The number of aromatic hydroxyl groups is 3. The highest BCUT2D eigenvalue weighted by Gasteiger charge is 2.09. The summed E-state index contributed by atoms with van der Waals surface area (Å²) in [5.74, 6) is -0.324. The molecule has 0 saturated carbocycles. The molecule has 0 aliphatic carbocycles. The first-order valence-electron chi connectivity index (χ1n) is 3.79. The van der Waals surface area contributed by atoms with Crippen molar-refractivity contribution in [3.05, 3.63) is 18.3 Å². The zero-order chi connectivity index (χ0) is 9.59. The van der Waals surface area contributed by atoms with E-state index in [0.29, 0.717) is 10.9 Å². The number of aromatic nitrogens is 1. The summed E-state index contributed by atoms with van der Waals surface area (Å²) in [6.45, 7) is 0. The minimum absolute atomic E-state index is 0.0906. The molecule has 0 aliphatic heterocycles. The predicted octanol–water partition coefficient (Wildman–Crippen LogP) is 1.30. The Kier molecular flexibility index (Phi) is 1.39. The SMILES string of the molecule is Cn1cc(O)c2cc(O)c(O)cc21. The van der Waals surface area contributed by atoms with Crippen molar-refractivity contribution in [2.24, 2.45) is 7.05 Å². The monoisotopic (exact) mass is 179 g/mol. The first-order valence-corrected chi connectivity index (χ1v) is 3.79. The number of benzene rings is 1. The third-order valence-electron chi connectivity index (χ3n) is 2.06. The third kappa shape index (κ3) is 0.989. The molecule has 13 heavy (non-hydrogen) atoms. The van der Waals surface area contributed by atoms with Crippen molar-refractivity contribution in [3.63, 3.8) is 0 Å². The topological polar surface area (TPSA) is 65.6 Å². The van der Waals surface area contributed by atoms with Crippen molar-refractivity contribution in [3.8, 4) is 17.2 Å². The number of phenols is 2. The highest BCUT2D eigenvalue weighted by Crippen LogP contribution is 2.35. The lowest BCUT2D eigenvalue weighted by Crippen LogP contribution is -1.82. The molecule has 2 aromatic rings. The van der Waals surface area contributed by atoms with E-state index in [9.17, 15) is 15.3 Å². The molecule has 2 rings (SSSR count). The maximum absolute atomic E-state index is 9.39. The van der Waals surface area contributed by atoms with Gasteiger partial charge in [-0.15, -0.1) is 0 Å². The molecular weight excluding hydrogens is 170 g/mol. The van der Waals surface area contributed by atoms with Crippen LogP contribution < -0.4 is 0 Å². The quantitative estimate of drug-likeness (QED) is 0.534. The van der Waals surface area contributed by atoms with Crippen LogP contribution in [-0.2, 0) is 7.05 Å². The lowest BCUT2D eigenvalue weighted by atomic mass is 10.2. The second-order valence-electron chi connectivity index (χ2n) is 2.98. The van der Waals surface area contributed by atoms with Crippen molar-refractivity contribution in [1.82, 2.24) is 4.57 Å². The fraction of sp³-hybridized carbons (Fsp3) is 0.111. The van der Waals surface area contributed by atoms with Crippen LogP contribution in [0.15, 0.2) is 18.3 Å². The van der Waals surface area contributed by atoms with Gasteiger partial charge < -0.3 is 19.9 Å². The Bertz CT molecular complexity index is 431. The molecule has 0 saturated heterocycles. The fourth-order valence-corrected chi connectivity index (χ4v) is 1.39. The zero-order valence-electron chi connectivity index (χ0n) is 7.02. The van der Waals surface area contributed by atoms with E-state index in [1.165, 1.54) is 18.3 Å². The van der Waals surface area contributed by atoms with Crippen LogP contribution in [0.3, 0.4) is 0 Å². The molecule has 0 fully saturated rings. The Balaban J connectivity index is 2.91. The van der Waals surface area contributed by atoms with E-state index in [4.69, 9.17) is 0 Å². The zero-order valence-corrected chi connectivity index (χ0v) is 7.02. The second kappa shape index (κ2) is 2.32. The minimum atomic E-state index is -0.228. The van der Waals surface area contributed by atoms with Crippen LogP contribution in [0.4, 0.5) is 0 Å². The Hall–Kier alpha value is -1.84. The van der Waals surface area contributed by atoms with Gasteiger partial charge in [0.15, 0.2) is 11.5 Å². The number of fused-ring (bicyclic) bond motifs is 1. The Morgan fingerprint density at radius 2 is 1.62 bits per heavy atom. The van der Waals surface area contributed by atoms with Crippen molar-refractivity contribution < 1.29 is 15.3 Å². The summed E-state index contributed by atoms with van der Waals surface area (Å²) >= 11 is 0. The van der Waals surface area contributed by atoms with E-state index in [2.05, 4.69) is 0 Å². The normalized spacial score (nSPS) is 10.8. The van der Waals surface area contributed by atoms with Crippen LogP contribution in [0, 0.1) is 0 Å². The minimum Gasteiger partial charge on any atom is -0.506 e. The molecule has 1 aromatic carbocycles. The number of hydrogen-bond acceptors (Lipinski definition) is 3. The van der Waals surface area contributed by atoms with E-state index in [0.717, 1.165) is 0 Å². The number of hydrogen-bond donors (Lipinski definition) is 3. The lowest BCUT2D eigenvalue weighted by molar-refractivity contribution is 0.404. The molecular formula is C9H9NO3. The molecule has 0 unspecified atom stereocenters. The molecule has 1 aromatic heterocycles. The maximum Gasteiger partial charge on any atom is 0.159 e. The van der Waals surface area contributed by atoms with Crippen molar-refractivity contribution in [2.45, 2.75) is 0 Å². The van der Waals surface area contributed by atoms with Gasteiger partial charge in [-0.3, -0.25) is 0 Å². The molecule has 68 valence electrons. The highest BCUT2D eigenvalue weighted by atomic mass is 16.3. The molecule has 0 bridgehead atoms. The van der Waals surface area contributed by atoms with E-state index in [-0.39, 0.29) is 17.2 Å². The first-order chi connectivity index (χ1) is 6.09. The lowest BCUT2D eigenvalue weighted by Gasteiger charge is -1.99. The summed E-state index contributed by atoms with van der Waals surface area (Å²) in [5, 5.41) is 28.3. The maximum atomic E-state index is 9.39. The van der Waals surface area contributed by atoms with E-state index >= 15 is 0 Å². The van der Waals surface area contributed by atoms with Crippen LogP contribution in [0.1, 0.15) is 0 Å². The molecule has 3 N–H and O–H groups in total. The number of aryl methyl sites for hydroxylation is 1. The van der Waals surface area contributed by atoms with Gasteiger partial charge in [-0.25, -0.2) is 0 Å². The van der Waals surface area contributed by atoms with Gasteiger partial charge in [0, 0.05) is 24.7 Å². The number of nitrogens with zero attached hydrogens (tertiary/aromatic N) is 1. The van der Waals surface area contributed by atoms with Crippen LogP contribution in [0.25, 0.3) is 10.9 Å². The smallest absolute Gasteiger partial charge is 0.159 e. The van der Waals surface area contributed by atoms with Gasteiger partial charge in [-0.1, -0.05) is 0 Å². The van der Waals surface area contributed by atoms with Gasteiger partial charge in [0.2, 0.25) is 0 Å². The molecule has 4 nitrogen and oxygen atoms in total. The van der Waals surface area contributed by atoms with E-state index in [1.54, 1.807) is 11.6 Å². The average Bonchev–Trinajstić information content (AvgIpc) is 2.31. The number of phenolic OH excluding ortho intramolecular Hbond substituents is 2. The van der Waals surface area contributed by atoms with E-state index in [1.807, 2.05) is 0 Å². The molecule has 1 heterocycles. The van der Waals surface area contributed by atoms with Crippen LogP contribution in [-0.4, -0.2) is 19.9 Å². The van der Waals surface area contributed by atoms with Crippen molar-refractivity contribution in [1.29, 1.82) is 0 Å². The van der Waals surface area contributed by atoms with Crippen molar-refractivity contribution >= 4 is 10.9 Å². The summed E-state index contributed by atoms with van der Waals surface area (Å²) in [4.78, 5) is 0. The highest BCUT2D eigenvalue weighted by molar-refractivity contribution is 5.89. The summed E-state index contributed by atoms with van der Waals surface area (Å²) in [5.41, 5.74) is 0.674. The Morgan fingerprint density at radius 3 is 2.31 bits per heavy atom. The Morgan fingerprint density at radius 1 is 1.00 bits per heavy atom. The third-order valence-corrected chi connectivity index (χ3v) is 2.06. The predicted molar refractivity (Wildman–Crippen MR) is 47.9 cm³/mol. The molecule has 0 atom stereocenters. The number of rotatable bonds is 0. The van der Waals surface area contributed by atoms with Gasteiger partial charge >= 0.3 is 0 Å². The van der Waals surface area contributed by atoms with E-state index < -0.39 is 0 Å². The molecule has 0 aliphatic rings. The molecule has 4 heteroatoms. The van der Waals surface area contributed by atoms with Gasteiger partial charge in [-0.05, 0) is 6.07 Å². The Labute approximate surface area is 74.3 Å². The summed E-state index contributed by atoms with van der Waals surface area (Å²) in [7, 11) is 1.75. The second-order valence-corrected chi connectivity index (χ2v) is 2.98. The molecule has 0 spiro atoms. The van der Waals surface area contributed by atoms with Gasteiger partial charge in [0.1, 0.15) is 5.75 Å². The van der Waals surface area contributed by atoms with Crippen LogP contribution in [0.2, 0.25) is 0 Å². The summed E-state index contributed by atoms with van der Waals surface area (Å²) in [6.07, 6.45) is 1.52. The van der Waals surface area contributed by atoms with Gasteiger partial charge in [0.05, 0.1) is 5.52 Å². The van der Waals surface area contributed by atoms with Gasteiger partial charge in [0.25, 0.3) is 0 Å². The standard InChI is InChI=1S/C9H9NO3/c1-10-4-9(13)5-2-7(11)8(12)3-6(5)10/h2-4,11-13H,1H3. The fourth-order valence-electron chi connectivity index (χ4n) is 1.39. The largest absolute Gasteiger partial charge is 0.506 e.